The van der Waals surface area contributed by atoms with Gasteiger partial charge in [-0.1, -0.05) is 41.0 Å². The molecule has 0 saturated carbocycles. The Morgan fingerprint density at radius 1 is 1.36 bits per heavy atom. The molecular formula is C16H13Cl2N3O2S2. The summed E-state index contributed by atoms with van der Waals surface area (Å²) < 4.78 is 0. The smallest absolute Gasteiger partial charge is 0.260 e. The van der Waals surface area contributed by atoms with Gasteiger partial charge in [-0.05, 0) is 31.5 Å². The minimum Gasteiger partial charge on any atom is -0.324 e. The number of aromatic nitrogens is 2. The van der Waals surface area contributed by atoms with E-state index in [1.165, 1.54) is 11.3 Å². The summed E-state index contributed by atoms with van der Waals surface area (Å²) in [5.74, 6) is -0.184. The van der Waals surface area contributed by atoms with Gasteiger partial charge >= 0.3 is 0 Å². The van der Waals surface area contributed by atoms with Crippen LogP contribution in [0.15, 0.2) is 28.2 Å². The number of hydrogen-bond acceptors (Lipinski definition) is 5. The predicted molar refractivity (Wildman–Crippen MR) is 106 cm³/mol. The van der Waals surface area contributed by atoms with Crippen LogP contribution in [0, 0.1) is 13.8 Å². The lowest BCUT2D eigenvalue weighted by Gasteiger charge is -2.07. The van der Waals surface area contributed by atoms with E-state index >= 15 is 0 Å². The van der Waals surface area contributed by atoms with Gasteiger partial charge in [-0.25, -0.2) is 4.98 Å². The maximum absolute atomic E-state index is 12.2. The van der Waals surface area contributed by atoms with Gasteiger partial charge in [-0.15, -0.1) is 11.3 Å². The Labute approximate surface area is 161 Å². The lowest BCUT2D eigenvalue weighted by Crippen LogP contribution is -2.15. The zero-order valence-electron chi connectivity index (χ0n) is 13.3. The predicted octanol–water partition coefficient (Wildman–Crippen LogP) is 4.64. The number of anilines is 1. The first-order valence-corrected chi connectivity index (χ1v) is 9.79. The molecule has 2 N–H and O–H groups in total. The van der Waals surface area contributed by atoms with Crippen molar-refractivity contribution in [1.29, 1.82) is 0 Å². The van der Waals surface area contributed by atoms with Gasteiger partial charge in [0.15, 0.2) is 5.16 Å². The maximum Gasteiger partial charge on any atom is 0.260 e. The quantitative estimate of drug-likeness (QED) is 0.482. The molecule has 0 spiro atoms. The Hall–Kier alpha value is -1.54. The van der Waals surface area contributed by atoms with E-state index in [0.29, 0.717) is 31.1 Å². The Kier molecular flexibility index (Phi) is 5.38. The number of halogens is 2. The minimum absolute atomic E-state index is 0.0840. The van der Waals surface area contributed by atoms with Crippen LogP contribution in [0.5, 0.6) is 0 Å². The number of aromatic amines is 1. The molecule has 9 heteroatoms. The molecule has 0 saturated heterocycles. The third-order valence-electron chi connectivity index (χ3n) is 3.58. The normalized spacial score (nSPS) is 11.0. The fourth-order valence-electron chi connectivity index (χ4n) is 2.22. The van der Waals surface area contributed by atoms with Crippen LogP contribution in [0.2, 0.25) is 10.0 Å². The number of thioether (sulfide) groups is 1. The van der Waals surface area contributed by atoms with Crippen LogP contribution in [0.1, 0.15) is 10.4 Å². The lowest BCUT2D eigenvalue weighted by molar-refractivity contribution is -0.113. The molecule has 0 unspecified atom stereocenters. The molecule has 1 amide bonds. The molecule has 3 rings (SSSR count). The number of carbonyl (C=O) groups is 1. The number of thiophene rings is 1. The van der Waals surface area contributed by atoms with E-state index in [9.17, 15) is 9.59 Å². The Bertz CT molecular complexity index is 1030. The second-order valence-corrected chi connectivity index (χ2v) is 8.23. The zero-order valence-corrected chi connectivity index (χ0v) is 16.4. The van der Waals surface area contributed by atoms with Crippen molar-refractivity contribution in [3.05, 3.63) is 49.0 Å². The number of nitrogens with zero attached hydrogens (tertiary/aromatic N) is 1. The van der Waals surface area contributed by atoms with Crippen LogP contribution in [0.3, 0.4) is 0 Å². The topological polar surface area (TPSA) is 74.8 Å². The molecule has 0 aliphatic heterocycles. The number of fused-ring (bicyclic) bond motifs is 1. The SMILES string of the molecule is Cc1sc2nc(SCC(=O)Nc3cccc(Cl)c3Cl)[nH]c(=O)c2c1C. The molecule has 0 bridgehead atoms. The monoisotopic (exact) mass is 413 g/mol. The van der Waals surface area contributed by atoms with Crippen molar-refractivity contribution < 1.29 is 4.79 Å². The van der Waals surface area contributed by atoms with Gasteiger partial charge < -0.3 is 10.3 Å². The van der Waals surface area contributed by atoms with E-state index in [4.69, 9.17) is 23.2 Å². The number of H-pyrrole nitrogens is 1. The Morgan fingerprint density at radius 2 is 2.12 bits per heavy atom. The van der Waals surface area contributed by atoms with E-state index in [1.807, 2.05) is 13.8 Å². The van der Waals surface area contributed by atoms with Crippen LogP contribution in [0.4, 0.5) is 5.69 Å². The third-order valence-corrected chi connectivity index (χ3v) is 6.38. The number of carbonyl (C=O) groups excluding carboxylic acids is 1. The van der Waals surface area contributed by atoms with Crippen molar-refractivity contribution in [2.45, 2.75) is 19.0 Å². The fourth-order valence-corrected chi connectivity index (χ4v) is 4.32. The molecule has 0 radical (unpaired) electrons. The largest absolute Gasteiger partial charge is 0.324 e. The van der Waals surface area contributed by atoms with Gasteiger partial charge in [0.05, 0.1) is 26.9 Å². The summed E-state index contributed by atoms with van der Waals surface area (Å²) >= 11 is 14.6. The van der Waals surface area contributed by atoms with E-state index in [0.717, 1.165) is 22.2 Å². The van der Waals surface area contributed by atoms with Gasteiger partial charge in [-0.3, -0.25) is 9.59 Å². The van der Waals surface area contributed by atoms with E-state index in [1.54, 1.807) is 18.2 Å². The summed E-state index contributed by atoms with van der Waals surface area (Å²) in [5, 5.41) is 4.37. The Balaban J connectivity index is 1.73. The molecule has 3 aromatic rings. The van der Waals surface area contributed by atoms with Gasteiger partial charge in [0.25, 0.3) is 5.56 Å². The molecular weight excluding hydrogens is 401 g/mol. The van der Waals surface area contributed by atoms with E-state index in [2.05, 4.69) is 15.3 Å². The van der Waals surface area contributed by atoms with Gasteiger partial charge in [-0.2, -0.15) is 0 Å². The number of amides is 1. The van der Waals surface area contributed by atoms with Gasteiger partial charge in [0, 0.05) is 4.88 Å². The van der Waals surface area contributed by atoms with E-state index < -0.39 is 0 Å². The highest BCUT2D eigenvalue weighted by Gasteiger charge is 2.14. The number of rotatable bonds is 4. The molecule has 0 fully saturated rings. The molecule has 0 atom stereocenters. The van der Waals surface area contributed by atoms with Gasteiger partial charge in [0.2, 0.25) is 5.91 Å². The average Bonchev–Trinajstić information content (AvgIpc) is 2.85. The molecule has 0 aliphatic rings. The van der Waals surface area contributed by atoms with Crippen LogP contribution in [-0.4, -0.2) is 21.6 Å². The zero-order chi connectivity index (χ0) is 18.1. The van der Waals surface area contributed by atoms with Crippen LogP contribution in [-0.2, 0) is 4.79 Å². The first-order valence-electron chi connectivity index (χ1n) is 7.23. The van der Waals surface area contributed by atoms with Crippen molar-refractivity contribution in [2.24, 2.45) is 0 Å². The van der Waals surface area contributed by atoms with Crippen LogP contribution >= 0.6 is 46.3 Å². The molecule has 5 nitrogen and oxygen atoms in total. The highest BCUT2D eigenvalue weighted by atomic mass is 35.5. The second kappa shape index (κ2) is 7.37. The average molecular weight is 414 g/mol. The molecule has 25 heavy (non-hydrogen) atoms. The summed E-state index contributed by atoms with van der Waals surface area (Å²) in [6.07, 6.45) is 0. The summed E-state index contributed by atoms with van der Waals surface area (Å²) in [7, 11) is 0. The molecule has 130 valence electrons. The number of benzene rings is 1. The van der Waals surface area contributed by atoms with E-state index in [-0.39, 0.29) is 17.2 Å². The Morgan fingerprint density at radius 3 is 2.88 bits per heavy atom. The minimum atomic E-state index is -0.268. The van der Waals surface area contributed by atoms with Crippen molar-refractivity contribution in [3.8, 4) is 0 Å². The molecule has 1 aromatic carbocycles. The summed E-state index contributed by atoms with van der Waals surface area (Å²) in [6.45, 7) is 3.86. The molecule has 2 heterocycles. The lowest BCUT2D eigenvalue weighted by atomic mass is 10.2. The first-order chi connectivity index (χ1) is 11.9. The van der Waals surface area contributed by atoms with Crippen molar-refractivity contribution in [3.63, 3.8) is 0 Å². The van der Waals surface area contributed by atoms with Crippen molar-refractivity contribution >= 4 is 68.1 Å². The standard InChI is InChI=1S/C16H13Cl2N3O2S2/c1-7-8(2)25-15-12(7)14(23)20-16(21-15)24-6-11(22)19-10-5-3-4-9(17)13(10)18/h3-5H,6H2,1-2H3,(H,19,22)(H,20,21,23). The first kappa shape index (κ1) is 18.3. The summed E-state index contributed by atoms with van der Waals surface area (Å²) in [4.78, 5) is 33.2. The van der Waals surface area contributed by atoms with Crippen molar-refractivity contribution in [2.75, 3.05) is 11.1 Å². The number of hydrogen-bond donors (Lipinski definition) is 2. The number of nitrogens with one attached hydrogen (secondary N) is 2. The molecule has 0 aliphatic carbocycles. The summed E-state index contributed by atoms with van der Waals surface area (Å²) in [6, 6.07) is 5.01. The number of aryl methyl sites for hydroxylation is 2. The van der Waals surface area contributed by atoms with Crippen LogP contribution in [0.25, 0.3) is 10.2 Å². The molecule has 2 aromatic heterocycles. The van der Waals surface area contributed by atoms with Crippen LogP contribution < -0.4 is 10.9 Å². The second-order valence-electron chi connectivity index (χ2n) is 5.27. The van der Waals surface area contributed by atoms with Gasteiger partial charge in [0.1, 0.15) is 4.83 Å². The third kappa shape index (κ3) is 3.84. The fraction of sp³-hybridized carbons (Fsp3) is 0.188. The highest BCUT2D eigenvalue weighted by Crippen LogP contribution is 2.30. The highest BCUT2D eigenvalue weighted by molar-refractivity contribution is 7.99. The summed E-state index contributed by atoms with van der Waals surface area (Å²) in [5.41, 5.74) is 1.20. The maximum atomic E-state index is 12.2. The van der Waals surface area contributed by atoms with Crippen molar-refractivity contribution in [1.82, 2.24) is 9.97 Å².